The molecule has 0 radical (unpaired) electrons. The number of ether oxygens (including phenoxy) is 2. The van der Waals surface area contributed by atoms with Crippen molar-refractivity contribution >= 4 is 17.6 Å². The van der Waals surface area contributed by atoms with E-state index in [2.05, 4.69) is 0 Å². The van der Waals surface area contributed by atoms with E-state index in [9.17, 15) is 9.59 Å². The molecule has 0 unspecified atom stereocenters. The molecule has 4 nitrogen and oxygen atoms in total. The van der Waals surface area contributed by atoms with Gasteiger partial charge in [-0.05, 0) is 38.0 Å². The van der Waals surface area contributed by atoms with E-state index in [4.69, 9.17) is 9.47 Å². The first-order chi connectivity index (χ1) is 9.49. The topological polar surface area (TPSA) is 52.6 Å². The molecular formula is C16H20O4. The van der Waals surface area contributed by atoms with Crippen molar-refractivity contribution in [3.63, 3.8) is 0 Å². The molecule has 0 aliphatic carbocycles. The van der Waals surface area contributed by atoms with E-state index in [0.717, 1.165) is 5.56 Å². The van der Waals surface area contributed by atoms with Gasteiger partial charge in [-0.3, -0.25) is 9.59 Å². The van der Waals surface area contributed by atoms with Crippen molar-refractivity contribution in [3.05, 3.63) is 29.8 Å². The summed E-state index contributed by atoms with van der Waals surface area (Å²) in [6.45, 7) is 2.88. The Labute approximate surface area is 119 Å². The van der Waals surface area contributed by atoms with Gasteiger partial charge in [0.2, 0.25) is 0 Å². The van der Waals surface area contributed by atoms with E-state index in [0.29, 0.717) is 17.9 Å². The van der Waals surface area contributed by atoms with Crippen LogP contribution >= 0.6 is 0 Å². The number of allylic oxidation sites excluding steroid dienone is 1. The van der Waals surface area contributed by atoms with Crippen LogP contribution in [0.2, 0.25) is 0 Å². The smallest absolute Gasteiger partial charge is 0.161 e. The van der Waals surface area contributed by atoms with Gasteiger partial charge in [-0.2, -0.15) is 0 Å². The number of rotatable bonds is 7. The minimum Gasteiger partial charge on any atom is -0.493 e. The Hall–Kier alpha value is -2.10. The maximum atomic E-state index is 11.3. The molecule has 108 valence electrons. The lowest BCUT2D eigenvalue weighted by Gasteiger charge is -2.08. The van der Waals surface area contributed by atoms with Crippen LogP contribution in [0.25, 0.3) is 6.08 Å². The van der Waals surface area contributed by atoms with Crippen LogP contribution in [0.4, 0.5) is 0 Å². The van der Waals surface area contributed by atoms with Crippen molar-refractivity contribution in [2.45, 2.75) is 20.3 Å². The highest BCUT2D eigenvalue weighted by Gasteiger charge is 2.17. The van der Waals surface area contributed by atoms with Crippen LogP contribution in [0.15, 0.2) is 24.3 Å². The Morgan fingerprint density at radius 2 is 1.70 bits per heavy atom. The van der Waals surface area contributed by atoms with Crippen LogP contribution in [0, 0.1) is 5.92 Å². The molecule has 0 aliphatic rings. The van der Waals surface area contributed by atoms with Crippen LogP contribution in [0.5, 0.6) is 11.5 Å². The number of hydrogen-bond acceptors (Lipinski definition) is 4. The Morgan fingerprint density at radius 1 is 1.10 bits per heavy atom. The fourth-order valence-electron chi connectivity index (χ4n) is 1.91. The molecule has 0 aromatic heterocycles. The molecule has 4 heteroatoms. The van der Waals surface area contributed by atoms with Gasteiger partial charge in [-0.15, -0.1) is 0 Å². The van der Waals surface area contributed by atoms with E-state index >= 15 is 0 Å². The molecule has 0 N–H and O–H groups in total. The Morgan fingerprint density at radius 3 is 2.20 bits per heavy atom. The van der Waals surface area contributed by atoms with Crippen LogP contribution < -0.4 is 9.47 Å². The monoisotopic (exact) mass is 276 g/mol. The number of carbonyl (C=O) groups excluding carboxylic acids is 2. The molecule has 0 aliphatic heterocycles. The summed E-state index contributed by atoms with van der Waals surface area (Å²) in [5.41, 5.74) is 0.925. The summed E-state index contributed by atoms with van der Waals surface area (Å²) in [4.78, 5) is 22.6. The molecule has 0 atom stereocenters. The molecule has 0 saturated heterocycles. The fraction of sp³-hybridized carbons (Fsp3) is 0.375. The zero-order chi connectivity index (χ0) is 15.1. The van der Waals surface area contributed by atoms with Crippen molar-refractivity contribution in [1.82, 2.24) is 0 Å². The maximum absolute atomic E-state index is 11.3. The standard InChI is InChI=1S/C16H20O4/c1-11(17)14(12(2)18)7-5-6-13-8-9-15(19-3)16(10-13)20-4/h5-6,8-10,14H,7H2,1-4H3/b6-5+. The van der Waals surface area contributed by atoms with E-state index in [1.807, 2.05) is 30.4 Å². The van der Waals surface area contributed by atoms with Crippen molar-refractivity contribution in [2.75, 3.05) is 14.2 Å². The second-order valence-corrected chi connectivity index (χ2v) is 4.53. The number of Topliss-reactive ketones (excluding diaryl/α,β-unsaturated/α-hetero) is 2. The SMILES string of the molecule is COc1ccc(/C=C/CC(C(C)=O)C(C)=O)cc1OC. The van der Waals surface area contributed by atoms with Crippen LogP contribution in [-0.2, 0) is 9.59 Å². The summed E-state index contributed by atoms with van der Waals surface area (Å²) < 4.78 is 10.4. The van der Waals surface area contributed by atoms with Gasteiger partial charge >= 0.3 is 0 Å². The van der Waals surface area contributed by atoms with Gasteiger partial charge < -0.3 is 9.47 Å². The molecule has 1 aromatic rings. The number of ketones is 2. The van der Waals surface area contributed by atoms with E-state index in [-0.39, 0.29) is 11.6 Å². The van der Waals surface area contributed by atoms with Crippen LogP contribution in [0.3, 0.4) is 0 Å². The van der Waals surface area contributed by atoms with Gasteiger partial charge in [0, 0.05) is 0 Å². The molecule has 1 aromatic carbocycles. The molecule has 1 rings (SSSR count). The quantitative estimate of drug-likeness (QED) is 0.718. The highest BCUT2D eigenvalue weighted by atomic mass is 16.5. The Bertz CT molecular complexity index is 503. The second kappa shape index (κ2) is 7.48. The largest absolute Gasteiger partial charge is 0.493 e. The highest BCUT2D eigenvalue weighted by Crippen LogP contribution is 2.28. The Kier molecular flexibility index (Phi) is 5.97. The first-order valence-electron chi connectivity index (χ1n) is 6.39. The van der Waals surface area contributed by atoms with Gasteiger partial charge in [-0.1, -0.05) is 18.2 Å². The highest BCUT2D eigenvalue weighted by molar-refractivity contribution is 6.00. The van der Waals surface area contributed by atoms with Crippen molar-refractivity contribution < 1.29 is 19.1 Å². The average molecular weight is 276 g/mol. The molecule has 0 bridgehead atoms. The fourth-order valence-corrected chi connectivity index (χ4v) is 1.91. The molecule has 0 saturated carbocycles. The van der Waals surface area contributed by atoms with Gasteiger partial charge in [0.15, 0.2) is 11.5 Å². The third-order valence-electron chi connectivity index (χ3n) is 3.07. The first kappa shape index (κ1) is 16.0. The number of methoxy groups -OCH3 is 2. The molecule has 0 fully saturated rings. The molecule has 0 amide bonds. The van der Waals surface area contributed by atoms with Gasteiger partial charge in [0.1, 0.15) is 11.6 Å². The number of benzene rings is 1. The second-order valence-electron chi connectivity index (χ2n) is 4.53. The van der Waals surface area contributed by atoms with Gasteiger partial charge in [0.05, 0.1) is 20.1 Å². The zero-order valence-electron chi connectivity index (χ0n) is 12.3. The average Bonchev–Trinajstić information content (AvgIpc) is 2.42. The molecule has 0 spiro atoms. The van der Waals surface area contributed by atoms with Crippen molar-refractivity contribution in [3.8, 4) is 11.5 Å². The molecular weight excluding hydrogens is 256 g/mol. The summed E-state index contributed by atoms with van der Waals surface area (Å²) in [5, 5.41) is 0. The predicted molar refractivity (Wildman–Crippen MR) is 78.0 cm³/mol. The van der Waals surface area contributed by atoms with E-state index in [1.165, 1.54) is 13.8 Å². The van der Waals surface area contributed by atoms with Gasteiger partial charge in [0.25, 0.3) is 0 Å². The minimum atomic E-state index is -0.550. The lowest BCUT2D eigenvalue weighted by Crippen LogP contribution is -2.18. The van der Waals surface area contributed by atoms with Crippen molar-refractivity contribution in [2.24, 2.45) is 5.92 Å². The number of hydrogen-bond donors (Lipinski definition) is 0. The molecule has 0 heterocycles. The lowest BCUT2D eigenvalue weighted by molar-refractivity contribution is -0.130. The van der Waals surface area contributed by atoms with E-state index < -0.39 is 5.92 Å². The van der Waals surface area contributed by atoms with Crippen LogP contribution in [0.1, 0.15) is 25.8 Å². The third kappa shape index (κ3) is 4.23. The maximum Gasteiger partial charge on any atom is 0.161 e. The summed E-state index contributed by atoms with van der Waals surface area (Å²) in [6.07, 6.45) is 4.11. The summed E-state index contributed by atoms with van der Waals surface area (Å²) in [7, 11) is 3.16. The van der Waals surface area contributed by atoms with Crippen molar-refractivity contribution in [1.29, 1.82) is 0 Å². The van der Waals surface area contributed by atoms with E-state index in [1.54, 1.807) is 14.2 Å². The summed E-state index contributed by atoms with van der Waals surface area (Å²) in [6, 6.07) is 5.53. The zero-order valence-corrected chi connectivity index (χ0v) is 12.3. The lowest BCUT2D eigenvalue weighted by atomic mass is 9.96. The third-order valence-corrected chi connectivity index (χ3v) is 3.07. The minimum absolute atomic E-state index is 0.102. The summed E-state index contributed by atoms with van der Waals surface area (Å²) >= 11 is 0. The molecule has 20 heavy (non-hydrogen) atoms. The predicted octanol–water partition coefficient (Wildman–Crippen LogP) is 2.90. The summed E-state index contributed by atoms with van der Waals surface area (Å²) in [5.74, 6) is 0.551. The normalized spacial score (nSPS) is 10.8. The Balaban J connectivity index is 2.80. The van der Waals surface area contributed by atoms with Crippen LogP contribution in [-0.4, -0.2) is 25.8 Å². The number of carbonyl (C=O) groups is 2. The first-order valence-corrected chi connectivity index (χ1v) is 6.39. The van der Waals surface area contributed by atoms with Gasteiger partial charge in [-0.25, -0.2) is 0 Å².